The van der Waals surface area contributed by atoms with Gasteiger partial charge in [-0.25, -0.2) is 9.97 Å². The Labute approximate surface area is 187 Å². The number of nitrogens with one attached hydrogen (secondary N) is 1. The van der Waals surface area contributed by atoms with Crippen molar-refractivity contribution in [1.82, 2.24) is 20.2 Å². The van der Waals surface area contributed by atoms with Crippen LogP contribution in [0.25, 0.3) is 10.4 Å². The summed E-state index contributed by atoms with van der Waals surface area (Å²) < 4.78 is 0. The van der Waals surface area contributed by atoms with Gasteiger partial charge in [0.1, 0.15) is 5.69 Å². The van der Waals surface area contributed by atoms with E-state index in [9.17, 15) is 9.59 Å². The number of thioether (sulfide) groups is 1. The average Bonchev–Trinajstić information content (AvgIpc) is 3.45. The summed E-state index contributed by atoms with van der Waals surface area (Å²) in [5.41, 5.74) is 2.66. The highest BCUT2D eigenvalue weighted by molar-refractivity contribution is 8.00. The Bertz CT molecular complexity index is 1090. The molecule has 1 unspecified atom stereocenters. The van der Waals surface area contributed by atoms with Gasteiger partial charge in [0.25, 0.3) is 11.8 Å². The average molecular weight is 459 g/mol. The lowest BCUT2D eigenvalue weighted by Gasteiger charge is -2.23. The van der Waals surface area contributed by atoms with E-state index in [1.807, 2.05) is 43.9 Å². The van der Waals surface area contributed by atoms with Gasteiger partial charge in [0, 0.05) is 29.9 Å². The maximum Gasteiger partial charge on any atom is 0.280 e. The van der Waals surface area contributed by atoms with E-state index in [0.29, 0.717) is 23.8 Å². The number of hydrogen-bond donors (Lipinski definition) is 1. The minimum absolute atomic E-state index is 0.0785. The Morgan fingerprint density at radius 2 is 2.07 bits per heavy atom. The van der Waals surface area contributed by atoms with Gasteiger partial charge in [-0.15, -0.1) is 34.4 Å². The molecule has 3 heterocycles. The van der Waals surface area contributed by atoms with E-state index in [1.54, 1.807) is 29.3 Å². The highest BCUT2D eigenvalue weighted by atomic mass is 32.2. The first-order chi connectivity index (χ1) is 14.4. The van der Waals surface area contributed by atoms with Crippen LogP contribution >= 0.6 is 34.4 Å². The molecule has 156 valence electrons. The number of amides is 2. The van der Waals surface area contributed by atoms with Crippen LogP contribution in [0.3, 0.4) is 0 Å². The van der Waals surface area contributed by atoms with Gasteiger partial charge in [-0.05, 0) is 26.3 Å². The van der Waals surface area contributed by atoms with E-state index in [-0.39, 0.29) is 17.2 Å². The van der Waals surface area contributed by atoms with Gasteiger partial charge in [-0.2, -0.15) is 0 Å². The van der Waals surface area contributed by atoms with Crippen LogP contribution < -0.4 is 5.32 Å². The van der Waals surface area contributed by atoms with E-state index < -0.39 is 0 Å². The molecule has 1 fully saturated rings. The van der Waals surface area contributed by atoms with Gasteiger partial charge in [0.05, 0.1) is 15.3 Å². The summed E-state index contributed by atoms with van der Waals surface area (Å²) in [6.07, 6.45) is 1.69. The molecule has 0 aliphatic carbocycles. The van der Waals surface area contributed by atoms with E-state index in [2.05, 4.69) is 21.4 Å². The van der Waals surface area contributed by atoms with Crippen molar-refractivity contribution in [3.63, 3.8) is 0 Å². The molecule has 30 heavy (non-hydrogen) atoms. The van der Waals surface area contributed by atoms with Crippen LogP contribution in [0.15, 0.2) is 30.5 Å². The molecule has 2 amide bonds. The Hall–Kier alpha value is -2.23. The molecule has 1 atom stereocenters. The molecule has 9 heteroatoms. The third kappa shape index (κ3) is 4.43. The summed E-state index contributed by atoms with van der Waals surface area (Å²) in [6, 6.07) is 8.14. The minimum atomic E-state index is -0.196. The number of rotatable bonds is 5. The van der Waals surface area contributed by atoms with Crippen molar-refractivity contribution in [1.29, 1.82) is 0 Å². The predicted molar refractivity (Wildman–Crippen MR) is 123 cm³/mol. The second kappa shape index (κ2) is 8.87. The van der Waals surface area contributed by atoms with Crippen LogP contribution in [0, 0.1) is 20.8 Å². The fourth-order valence-corrected chi connectivity index (χ4v) is 6.07. The molecular formula is C21H22N4O2S3. The molecule has 2 aromatic heterocycles. The first-order valence-corrected chi connectivity index (χ1v) is 12.3. The zero-order valence-electron chi connectivity index (χ0n) is 17.0. The van der Waals surface area contributed by atoms with Crippen LogP contribution in [0.1, 0.15) is 35.7 Å². The summed E-state index contributed by atoms with van der Waals surface area (Å²) in [4.78, 5) is 38.2. The maximum atomic E-state index is 13.4. The Kier molecular flexibility index (Phi) is 6.21. The molecule has 4 rings (SSSR count). The lowest BCUT2D eigenvalue weighted by atomic mass is 10.1. The van der Waals surface area contributed by atoms with E-state index in [4.69, 9.17) is 0 Å². The molecule has 3 aromatic rings. The van der Waals surface area contributed by atoms with Crippen LogP contribution in [0.5, 0.6) is 0 Å². The standard InChI is InChI=1S/C21H22N4O2S3/c1-12-5-4-6-15(9-12)18-17(24-14(3)30-18)21(27)25-7-8-28-16(25)11-22-19(26)20-23-10-13(2)29-20/h4-6,9-10,16H,7-8,11H2,1-3H3,(H,22,26). The van der Waals surface area contributed by atoms with Gasteiger partial charge in [0.2, 0.25) is 0 Å². The number of thiazole rings is 2. The van der Waals surface area contributed by atoms with E-state index in [1.165, 1.54) is 11.3 Å². The number of aryl methyl sites for hydroxylation is 3. The number of benzene rings is 1. The third-order valence-corrected chi connectivity index (χ3v) is 7.88. The molecule has 1 aliphatic heterocycles. The molecule has 1 saturated heterocycles. The lowest BCUT2D eigenvalue weighted by molar-refractivity contribution is 0.0747. The van der Waals surface area contributed by atoms with Crippen LogP contribution in [-0.2, 0) is 0 Å². The topological polar surface area (TPSA) is 75.2 Å². The number of carbonyl (C=O) groups excluding carboxylic acids is 2. The summed E-state index contributed by atoms with van der Waals surface area (Å²) in [5, 5.41) is 4.13. The molecule has 0 radical (unpaired) electrons. The Balaban J connectivity index is 1.51. The SMILES string of the molecule is Cc1cccc(-c2sc(C)nc2C(=O)N2CCSC2CNC(=O)c2ncc(C)s2)c1. The lowest BCUT2D eigenvalue weighted by Crippen LogP contribution is -2.42. The number of carbonyl (C=O) groups is 2. The molecule has 1 aromatic carbocycles. The maximum absolute atomic E-state index is 13.4. The second-order valence-corrected chi connectivity index (χ2v) is 10.8. The summed E-state index contributed by atoms with van der Waals surface area (Å²) in [5.74, 6) is 0.564. The highest BCUT2D eigenvalue weighted by Crippen LogP contribution is 2.33. The minimum Gasteiger partial charge on any atom is -0.347 e. The summed E-state index contributed by atoms with van der Waals surface area (Å²) in [6.45, 7) is 6.91. The van der Waals surface area contributed by atoms with Crippen molar-refractivity contribution < 1.29 is 9.59 Å². The van der Waals surface area contributed by atoms with Crippen molar-refractivity contribution in [3.05, 3.63) is 56.6 Å². The van der Waals surface area contributed by atoms with Crippen LogP contribution in [0.2, 0.25) is 0 Å². The molecule has 6 nitrogen and oxygen atoms in total. The number of aromatic nitrogens is 2. The highest BCUT2D eigenvalue weighted by Gasteiger charge is 2.33. The molecule has 0 saturated carbocycles. The quantitative estimate of drug-likeness (QED) is 0.622. The predicted octanol–water partition coefficient (Wildman–Crippen LogP) is 4.14. The van der Waals surface area contributed by atoms with Gasteiger partial charge in [0.15, 0.2) is 5.01 Å². The van der Waals surface area contributed by atoms with Gasteiger partial charge >= 0.3 is 0 Å². The van der Waals surface area contributed by atoms with Gasteiger partial charge < -0.3 is 10.2 Å². The van der Waals surface area contributed by atoms with E-state index in [0.717, 1.165) is 31.6 Å². The normalized spacial score (nSPS) is 16.1. The third-order valence-electron chi connectivity index (χ3n) is 4.72. The van der Waals surface area contributed by atoms with Crippen molar-refractivity contribution >= 4 is 46.2 Å². The Morgan fingerprint density at radius 1 is 1.23 bits per heavy atom. The zero-order chi connectivity index (χ0) is 21.3. The van der Waals surface area contributed by atoms with Crippen molar-refractivity contribution in [2.75, 3.05) is 18.8 Å². The van der Waals surface area contributed by atoms with Gasteiger partial charge in [-0.1, -0.05) is 29.8 Å². The fourth-order valence-electron chi connectivity index (χ4n) is 3.33. The molecule has 1 N–H and O–H groups in total. The first-order valence-electron chi connectivity index (χ1n) is 9.60. The zero-order valence-corrected chi connectivity index (χ0v) is 19.4. The summed E-state index contributed by atoms with van der Waals surface area (Å²) >= 11 is 4.58. The number of nitrogens with zero attached hydrogens (tertiary/aromatic N) is 3. The first kappa shape index (κ1) is 21.0. The van der Waals surface area contributed by atoms with Gasteiger partial charge in [-0.3, -0.25) is 9.59 Å². The smallest absolute Gasteiger partial charge is 0.280 e. The molecule has 0 spiro atoms. The van der Waals surface area contributed by atoms with E-state index >= 15 is 0 Å². The molecule has 1 aliphatic rings. The second-order valence-electron chi connectivity index (χ2n) is 7.09. The van der Waals surface area contributed by atoms with Crippen molar-refractivity contribution in [3.8, 4) is 10.4 Å². The number of hydrogen-bond acceptors (Lipinski definition) is 7. The van der Waals surface area contributed by atoms with Crippen molar-refractivity contribution in [2.45, 2.75) is 26.1 Å². The Morgan fingerprint density at radius 3 is 2.80 bits per heavy atom. The fraction of sp³-hybridized carbons (Fsp3) is 0.333. The monoisotopic (exact) mass is 458 g/mol. The van der Waals surface area contributed by atoms with Crippen LogP contribution in [-0.4, -0.2) is 50.9 Å². The molecular weight excluding hydrogens is 436 g/mol. The van der Waals surface area contributed by atoms with Crippen molar-refractivity contribution in [2.24, 2.45) is 0 Å². The van der Waals surface area contributed by atoms with Crippen LogP contribution in [0.4, 0.5) is 0 Å². The summed E-state index contributed by atoms with van der Waals surface area (Å²) in [7, 11) is 0. The largest absolute Gasteiger partial charge is 0.347 e. The molecule has 0 bridgehead atoms.